The van der Waals surface area contributed by atoms with Gasteiger partial charge in [-0.2, -0.15) is 0 Å². The second-order valence-electron chi connectivity index (χ2n) is 2.93. The minimum Gasteiger partial charge on any atom is -0.469 e. The summed E-state index contributed by atoms with van der Waals surface area (Å²) in [5, 5.41) is 0. The van der Waals surface area contributed by atoms with Gasteiger partial charge in [0.1, 0.15) is 5.82 Å². The Labute approximate surface area is 84.7 Å². The molecule has 0 aliphatic carbocycles. The fourth-order valence-electron chi connectivity index (χ4n) is 1.09. The maximum Gasteiger partial charge on any atom is 0.305 e. The van der Waals surface area contributed by atoms with Crippen LogP contribution in [0.2, 0.25) is 0 Å². The number of hydrogen-bond donors (Lipinski definition) is 0. The van der Waals surface area contributed by atoms with Crippen LogP contribution in [0.3, 0.4) is 0 Å². The van der Waals surface area contributed by atoms with E-state index >= 15 is 0 Å². The number of rotatable bonds is 3. The number of benzene rings is 1. The molecule has 0 spiro atoms. The lowest BCUT2D eigenvalue weighted by Gasteiger charge is -2.03. The predicted octanol–water partition coefficient (Wildman–Crippen LogP) is 2.21. The van der Waals surface area contributed by atoms with Gasteiger partial charge in [0.25, 0.3) is 0 Å². The molecule has 1 rings (SSSR count). The monoisotopic (exact) mass is 218 g/mol. The maximum atomic E-state index is 13.0. The molecule has 0 heterocycles. The fourth-order valence-corrected chi connectivity index (χ4v) is 1.09. The van der Waals surface area contributed by atoms with Crippen molar-refractivity contribution in [3.8, 4) is 0 Å². The Morgan fingerprint density at radius 3 is 2.40 bits per heavy atom. The lowest BCUT2D eigenvalue weighted by atomic mass is 10.1. The lowest BCUT2D eigenvalue weighted by Crippen LogP contribution is -2.04. The van der Waals surface area contributed by atoms with Gasteiger partial charge in [0, 0.05) is 12.5 Å². The lowest BCUT2D eigenvalue weighted by molar-refractivity contribution is -0.140. The molecule has 0 unspecified atom stereocenters. The molecule has 2 nitrogen and oxygen atoms in total. The van der Waals surface area contributed by atoms with Gasteiger partial charge in [0.05, 0.1) is 7.11 Å². The standard InChI is InChI=1S/C10H9F3O2/c1-15-10(14)3-2-6-4-8(12)9(13)5-7(6)11/h4-5H,2-3H2,1H3. The highest BCUT2D eigenvalue weighted by Gasteiger charge is 2.11. The maximum absolute atomic E-state index is 13.0. The Kier molecular flexibility index (Phi) is 3.71. The van der Waals surface area contributed by atoms with Crippen molar-refractivity contribution in [1.82, 2.24) is 0 Å². The van der Waals surface area contributed by atoms with E-state index in [1.165, 1.54) is 7.11 Å². The molecule has 0 aromatic heterocycles. The highest BCUT2D eigenvalue weighted by Crippen LogP contribution is 2.15. The summed E-state index contributed by atoms with van der Waals surface area (Å²) in [4.78, 5) is 10.7. The Bertz CT molecular complexity index is 377. The van der Waals surface area contributed by atoms with Crippen LogP contribution in [0.15, 0.2) is 12.1 Å². The number of hydrogen-bond acceptors (Lipinski definition) is 2. The average Bonchev–Trinajstić information content (AvgIpc) is 2.21. The molecule has 1 aromatic carbocycles. The first-order chi connectivity index (χ1) is 7.04. The topological polar surface area (TPSA) is 26.3 Å². The minimum absolute atomic E-state index is 0.0181. The minimum atomic E-state index is -1.24. The van der Waals surface area contributed by atoms with Crippen molar-refractivity contribution in [2.24, 2.45) is 0 Å². The number of methoxy groups -OCH3 is 1. The van der Waals surface area contributed by atoms with E-state index in [0.29, 0.717) is 6.07 Å². The van der Waals surface area contributed by atoms with Gasteiger partial charge in [-0.15, -0.1) is 0 Å². The smallest absolute Gasteiger partial charge is 0.305 e. The van der Waals surface area contributed by atoms with Gasteiger partial charge < -0.3 is 4.74 Å². The number of esters is 1. The summed E-state index contributed by atoms with van der Waals surface area (Å²) in [7, 11) is 1.20. The first-order valence-electron chi connectivity index (χ1n) is 4.25. The van der Waals surface area contributed by atoms with E-state index in [4.69, 9.17) is 0 Å². The second kappa shape index (κ2) is 4.82. The molecule has 0 amide bonds. The molecule has 0 radical (unpaired) electrons. The van der Waals surface area contributed by atoms with Crippen LogP contribution in [0, 0.1) is 17.5 Å². The summed E-state index contributed by atoms with van der Waals surface area (Å²) >= 11 is 0. The third-order valence-corrected chi connectivity index (χ3v) is 1.92. The van der Waals surface area contributed by atoms with E-state index in [1.54, 1.807) is 0 Å². The fraction of sp³-hybridized carbons (Fsp3) is 0.300. The molecule has 0 fully saturated rings. The zero-order valence-corrected chi connectivity index (χ0v) is 8.02. The molecule has 0 N–H and O–H groups in total. The van der Waals surface area contributed by atoms with Crippen molar-refractivity contribution in [2.75, 3.05) is 7.11 Å². The van der Waals surface area contributed by atoms with Gasteiger partial charge in [-0.05, 0) is 18.1 Å². The van der Waals surface area contributed by atoms with Gasteiger partial charge in [0.15, 0.2) is 11.6 Å². The molecule has 0 aliphatic heterocycles. The van der Waals surface area contributed by atoms with Crippen LogP contribution >= 0.6 is 0 Å². The van der Waals surface area contributed by atoms with Crippen LogP contribution in [0.25, 0.3) is 0 Å². The van der Waals surface area contributed by atoms with Crippen LogP contribution in [0.1, 0.15) is 12.0 Å². The Morgan fingerprint density at radius 2 is 1.80 bits per heavy atom. The molecule has 1 aromatic rings. The van der Waals surface area contributed by atoms with Crippen LogP contribution in [-0.2, 0) is 16.0 Å². The number of aryl methyl sites for hydroxylation is 1. The molecular weight excluding hydrogens is 209 g/mol. The highest BCUT2D eigenvalue weighted by atomic mass is 19.2. The van der Waals surface area contributed by atoms with Crippen LogP contribution in [0.4, 0.5) is 13.2 Å². The third-order valence-electron chi connectivity index (χ3n) is 1.92. The number of halogens is 3. The molecule has 82 valence electrons. The van der Waals surface area contributed by atoms with E-state index in [9.17, 15) is 18.0 Å². The van der Waals surface area contributed by atoms with Crippen LogP contribution < -0.4 is 0 Å². The van der Waals surface area contributed by atoms with Gasteiger partial charge in [-0.25, -0.2) is 13.2 Å². The van der Waals surface area contributed by atoms with Crippen molar-refractivity contribution in [1.29, 1.82) is 0 Å². The first kappa shape index (κ1) is 11.6. The third kappa shape index (κ3) is 2.97. The Balaban J connectivity index is 2.77. The highest BCUT2D eigenvalue weighted by molar-refractivity contribution is 5.69. The zero-order chi connectivity index (χ0) is 11.4. The first-order valence-corrected chi connectivity index (χ1v) is 4.25. The van der Waals surface area contributed by atoms with E-state index in [2.05, 4.69) is 4.74 Å². The molecule has 0 atom stereocenters. The van der Waals surface area contributed by atoms with Crippen molar-refractivity contribution in [3.05, 3.63) is 35.1 Å². The summed E-state index contributed by atoms with van der Waals surface area (Å²) in [6.07, 6.45) is -0.0891. The van der Waals surface area contributed by atoms with Crippen LogP contribution in [-0.4, -0.2) is 13.1 Å². The summed E-state index contributed by atoms with van der Waals surface area (Å²) in [6.45, 7) is 0. The van der Waals surface area contributed by atoms with E-state index < -0.39 is 23.4 Å². The summed E-state index contributed by atoms with van der Waals surface area (Å²) < 4.78 is 42.6. The van der Waals surface area contributed by atoms with Gasteiger partial charge in [-0.3, -0.25) is 4.79 Å². The zero-order valence-electron chi connectivity index (χ0n) is 8.02. The molecule has 0 bridgehead atoms. The molecular formula is C10H9F3O2. The number of ether oxygens (including phenoxy) is 1. The molecule has 15 heavy (non-hydrogen) atoms. The largest absolute Gasteiger partial charge is 0.469 e. The Hall–Kier alpha value is -1.52. The molecule has 0 saturated carbocycles. The second-order valence-corrected chi connectivity index (χ2v) is 2.93. The summed E-state index contributed by atoms with van der Waals surface area (Å²) in [6, 6.07) is 1.20. The molecule has 0 saturated heterocycles. The van der Waals surface area contributed by atoms with Crippen molar-refractivity contribution in [2.45, 2.75) is 12.8 Å². The summed E-state index contributed by atoms with van der Waals surface area (Å²) in [5.74, 6) is -3.76. The normalized spacial score (nSPS) is 10.1. The SMILES string of the molecule is COC(=O)CCc1cc(F)c(F)cc1F. The van der Waals surface area contributed by atoms with Crippen molar-refractivity contribution < 1.29 is 22.7 Å². The quantitative estimate of drug-likeness (QED) is 0.574. The Morgan fingerprint density at radius 1 is 1.20 bits per heavy atom. The van der Waals surface area contributed by atoms with Gasteiger partial charge in [-0.1, -0.05) is 0 Å². The van der Waals surface area contributed by atoms with Gasteiger partial charge in [0.2, 0.25) is 0 Å². The predicted molar refractivity (Wildman–Crippen MR) is 46.7 cm³/mol. The van der Waals surface area contributed by atoms with Crippen molar-refractivity contribution >= 4 is 5.97 Å². The van der Waals surface area contributed by atoms with Gasteiger partial charge >= 0.3 is 5.97 Å². The number of carbonyl (C=O) groups is 1. The molecule has 5 heteroatoms. The number of carbonyl (C=O) groups excluding carboxylic acids is 1. The van der Waals surface area contributed by atoms with E-state index in [1.807, 2.05) is 0 Å². The summed E-state index contributed by atoms with van der Waals surface area (Å²) in [5.41, 5.74) is -0.0423. The van der Waals surface area contributed by atoms with Crippen molar-refractivity contribution in [3.63, 3.8) is 0 Å². The molecule has 0 aliphatic rings. The van der Waals surface area contributed by atoms with E-state index in [-0.39, 0.29) is 18.4 Å². The average molecular weight is 218 g/mol. The van der Waals surface area contributed by atoms with Crippen LogP contribution in [0.5, 0.6) is 0 Å². The van der Waals surface area contributed by atoms with E-state index in [0.717, 1.165) is 6.07 Å².